The Morgan fingerprint density at radius 2 is 2.08 bits per heavy atom. The molecule has 4 nitrogen and oxygen atoms in total. The summed E-state index contributed by atoms with van der Waals surface area (Å²) in [5.74, 6) is 0. The van der Waals surface area contributed by atoms with Crippen LogP contribution in [0.3, 0.4) is 0 Å². The van der Waals surface area contributed by atoms with Crippen LogP contribution in [0.25, 0.3) is 0 Å². The van der Waals surface area contributed by atoms with Crippen molar-refractivity contribution in [3.63, 3.8) is 0 Å². The average Bonchev–Trinajstić information content (AvgIpc) is 2.05. The second-order valence-electron chi connectivity index (χ2n) is 2.12. The molecule has 1 aromatic rings. The first kappa shape index (κ1) is 12.6. The van der Waals surface area contributed by atoms with Gasteiger partial charge < -0.3 is 0 Å². The molecule has 0 aromatic heterocycles. The number of hydrogen-bond acceptors (Lipinski definition) is 4. The number of thiol groups is 1. The van der Waals surface area contributed by atoms with Crippen LogP contribution < -0.4 is 0 Å². The first-order valence-corrected chi connectivity index (χ1v) is 3.52. The number of nitro groups is 1. The fourth-order valence-electron chi connectivity index (χ4n) is 0.760. The van der Waals surface area contributed by atoms with Crippen molar-refractivity contribution >= 4 is 54.2 Å². The fraction of sp³-hybridized carbons (Fsp3) is 0. The van der Waals surface area contributed by atoms with Gasteiger partial charge in [-0.05, 0) is 6.07 Å². The Balaban J connectivity index is 0.00000144. The molecule has 0 heterocycles. The molecular weight excluding hydrogens is 201 g/mol. The third-order valence-corrected chi connectivity index (χ3v) is 1.71. The van der Waals surface area contributed by atoms with Crippen molar-refractivity contribution in [3.8, 4) is 0 Å². The predicted octanol–water partition coefficient (Wildman–Crippen LogP) is 1.05. The standard InChI is InChI=1S/C7H5NO3S.Na.H/c9-4-5-1-2-7(12)6(3-5)8(10)11;;/h1-4,12H;;. The summed E-state index contributed by atoms with van der Waals surface area (Å²) in [7, 11) is 0. The van der Waals surface area contributed by atoms with Crippen molar-refractivity contribution in [2.45, 2.75) is 4.90 Å². The van der Waals surface area contributed by atoms with Gasteiger partial charge in [-0.3, -0.25) is 14.9 Å². The first-order valence-electron chi connectivity index (χ1n) is 3.07. The van der Waals surface area contributed by atoms with E-state index < -0.39 is 4.92 Å². The minimum absolute atomic E-state index is 0. The second-order valence-corrected chi connectivity index (χ2v) is 2.60. The second kappa shape index (κ2) is 5.39. The van der Waals surface area contributed by atoms with Gasteiger partial charge in [0.05, 0.1) is 9.82 Å². The van der Waals surface area contributed by atoms with Crippen molar-refractivity contribution in [2.24, 2.45) is 0 Å². The molecule has 1 rings (SSSR count). The van der Waals surface area contributed by atoms with E-state index >= 15 is 0 Å². The molecule has 0 aliphatic rings. The van der Waals surface area contributed by atoms with Crippen LogP contribution in [0.2, 0.25) is 0 Å². The summed E-state index contributed by atoms with van der Waals surface area (Å²) in [5.41, 5.74) is 0.127. The van der Waals surface area contributed by atoms with E-state index in [0.29, 0.717) is 6.29 Å². The average molecular weight is 207 g/mol. The molecule has 0 saturated carbocycles. The molecule has 0 spiro atoms. The van der Waals surface area contributed by atoms with Crippen LogP contribution in [0.1, 0.15) is 10.4 Å². The van der Waals surface area contributed by atoms with E-state index in [9.17, 15) is 14.9 Å². The summed E-state index contributed by atoms with van der Waals surface area (Å²) in [5, 5.41) is 10.3. The van der Waals surface area contributed by atoms with Gasteiger partial charge >= 0.3 is 29.6 Å². The Hall–Kier alpha value is -0.360. The summed E-state index contributed by atoms with van der Waals surface area (Å²) in [6.45, 7) is 0. The summed E-state index contributed by atoms with van der Waals surface area (Å²) in [6, 6.07) is 4.09. The van der Waals surface area contributed by atoms with Gasteiger partial charge in [-0.15, -0.1) is 12.6 Å². The van der Waals surface area contributed by atoms with Crippen molar-refractivity contribution in [3.05, 3.63) is 33.9 Å². The fourth-order valence-corrected chi connectivity index (χ4v) is 0.981. The van der Waals surface area contributed by atoms with E-state index in [-0.39, 0.29) is 45.7 Å². The van der Waals surface area contributed by atoms with E-state index in [1.54, 1.807) is 0 Å². The minimum atomic E-state index is -0.574. The molecule has 0 radical (unpaired) electrons. The summed E-state index contributed by atoms with van der Waals surface area (Å²) in [4.78, 5) is 20.3. The number of rotatable bonds is 2. The molecule has 0 unspecified atom stereocenters. The molecule has 0 aliphatic heterocycles. The summed E-state index contributed by atoms with van der Waals surface area (Å²) in [6.07, 6.45) is 0.556. The van der Waals surface area contributed by atoms with E-state index in [4.69, 9.17) is 0 Å². The van der Waals surface area contributed by atoms with Gasteiger partial charge in [-0.25, -0.2) is 0 Å². The summed E-state index contributed by atoms with van der Waals surface area (Å²) >= 11 is 3.87. The molecule has 64 valence electrons. The molecule has 6 heteroatoms. The van der Waals surface area contributed by atoms with Gasteiger partial charge in [0, 0.05) is 11.6 Å². The molecule has 0 amide bonds. The van der Waals surface area contributed by atoms with Crippen molar-refractivity contribution in [1.82, 2.24) is 0 Å². The Kier molecular flexibility index (Phi) is 5.24. The molecule has 0 N–H and O–H groups in total. The van der Waals surface area contributed by atoms with Gasteiger partial charge in [0.1, 0.15) is 6.29 Å². The molecule has 0 atom stereocenters. The van der Waals surface area contributed by atoms with Gasteiger partial charge in [-0.2, -0.15) is 0 Å². The molecule has 0 bridgehead atoms. The molecular formula is C7H6NNaO3S. The number of carbonyl (C=O) groups excluding carboxylic acids is 1. The molecule has 13 heavy (non-hydrogen) atoms. The van der Waals surface area contributed by atoms with Crippen LogP contribution in [-0.2, 0) is 0 Å². The van der Waals surface area contributed by atoms with Crippen LogP contribution in [0.5, 0.6) is 0 Å². The number of nitrogens with zero attached hydrogens (tertiary/aromatic N) is 1. The molecule has 1 aromatic carbocycles. The van der Waals surface area contributed by atoms with Crippen LogP contribution in [0.15, 0.2) is 23.1 Å². The SMILES string of the molecule is O=Cc1ccc(S)c([N+](=O)[O-])c1.[NaH]. The van der Waals surface area contributed by atoms with Crippen molar-refractivity contribution in [2.75, 3.05) is 0 Å². The van der Waals surface area contributed by atoms with E-state index in [1.165, 1.54) is 18.2 Å². The predicted molar refractivity (Wildman–Crippen MR) is 52.9 cm³/mol. The van der Waals surface area contributed by atoms with Crippen LogP contribution in [0, 0.1) is 10.1 Å². The van der Waals surface area contributed by atoms with Gasteiger partial charge in [0.25, 0.3) is 5.69 Å². The zero-order chi connectivity index (χ0) is 9.14. The number of carbonyl (C=O) groups is 1. The van der Waals surface area contributed by atoms with Crippen LogP contribution in [0.4, 0.5) is 5.69 Å². The summed E-state index contributed by atoms with van der Waals surface area (Å²) < 4.78 is 0. The van der Waals surface area contributed by atoms with E-state index in [0.717, 1.165) is 0 Å². The molecule has 0 aliphatic carbocycles. The van der Waals surface area contributed by atoms with Gasteiger partial charge in [0.2, 0.25) is 0 Å². The number of nitro benzene ring substituents is 1. The normalized spacial score (nSPS) is 8.69. The third kappa shape index (κ3) is 3.11. The maximum atomic E-state index is 10.3. The number of aldehydes is 1. The van der Waals surface area contributed by atoms with Crippen molar-refractivity contribution < 1.29 is 9.72 Å². The molecule has 0 saturated heterocycles. The number of hydrogen-bond donors (Lipinski definition) is 1. The number of benzene rings is 1. The van der Waals surface area contributed by atoms with Crippen molar-refractivity contribution in [1.29, 1.82) is 0 Å². The Morgan fingerprint density at radius 3 is 2.54 bits per heavy atom. The van der Waals surface area contributed by atoms with Gasteiger partial charge in [-0.1, -0.05) is 6.07 Å². The van der Waals surface area contributed by atoms with E-state index in [1.807, 2.05) is 0 Å². The maximum absolute atomic E-state index is 10.3. The Bertz CT molecular complexity index is 343. The van der Waals surface area contributed by atoms with Crippen LogP contribution >= 0.6 is 12.6 Å². The quantitative estimate of drug-likeness (QED) is 0.259. The van der Waals surface area contributed by atoms with Crippen LogP contribution in [-0.4, -0.2) is 40.8 Å². The monoisotopic (exact) mass is 207 g/mol. The van der Waals surface area contributed by atoms with E-state index in [2.05, 4.69) is 12.6 Å². The zero-order valence-electron chi connectivity index (χ0n) is 5.93. The Morgan fingerprint density at radius 1 is 1.46 bits per heavy atom. The first-order chi connectivity index (χ1) is 5.65. The molecule has 0 fully saturated rings. The van der Waals surface area contributed by atoms with Gasteiger partial charge in [0.15, 0.2) is 0 Å². The topological polar surface area (TPSA) is 60.2 Å². The zero-order valence-corrected chi connectivity index (χ0v) is 6.82. The third-order valence-electron chi connectivity index (χ3n) is 1.33. The Labute approximate surface area is 102 Å².